The molecule has 1 aromatic heterocycles. The van der Waals surface area contributed by atoms with Crippen LogP contribution < -0.4 is 0 Å². The van der Waals surface area contributed by atoms with Crippen molar-refractivity contribution < 1.29 is 18.8 Å². The van der Waals surface area contributed by atoms with Gasteiger partial charge in [0.1, 0.15) is 13.1 Å². The number of ether oxygens (including phenoxy) is 1. The fraction of sp³-hybridized carbons (Fsp3) is 0.600. The van der Waals surface area contributed by atoms with Crippen molar-refractivity contribution in [3.8, 4) is 0 Å². The molecule has 1 aromatic rings. The first-order valence-electron chi connectivity index (χ1n) is 7.16. The Kier molecular flexibility index (Phi) is 3.65. The fourth-order valence-corrected chi connectivity index (χ4v) is 4.27. The number of fused-ring (bicyclic) bond motifs is 3. The Labute approximate surface area is 122 Å². The standard InChI is InChI=1S/C15H20NO3S/c1-11(17)19-15-9-16(5-2-12(15)3-6-16)8-14(18)13-4-7-20-10-13/h4,7,10,12,15H,2-3,5-6,8-9H2,1H3/q+1. The topological polar surface area (TPSA) is 43.4 Å². The number of esters is 1. The van der Waals surface area contributed by atoms with Gasteiger partial charge in [-0.05, 0) is 11.4 Å². The van der Waals surface area contributed by atoms with Crippen molar-refractivity contribution in [2.24, 2.45) is 5.92 Å². The molecule has 0 spiro atoms. The summed E-state index contributed by atoms with van der Waals surface area (Å²) in [5, 5.41) is 3.86. The van der Waals surface area contributed by atoms with E-state index in [9.17, 15) is 9.59 Å². The molecule has 1 unspecified atom stereocenters. The minimum atomic E-state index is -0.203. The maximum atomic E-state index is 12.4. The molecule has 3 aliphatic heterocycles. The van der Waals surface area contributed by atoms with E-state index in [0.717, 1.165) is 42.5 Å². The third-order valence-electron chi connectivity index (χ3n) is 4.68. The van der Waals surface area contributed by atoms with Gasteiger partial charge >= 0.3 is 5.97 Å². The summed E-state index contributed by atoms with van der Waals surface area (Å²) in [6, 6.07) is 1.89. The molecule has 4 heterocycles. The van der Waals surface area contributed by atoms with Crippen molar-refractivity contribution in [3.63, 3.8) is 0 Å². The molecule has 0 aromatic carbocycles. The highest BCUT2D eigenvalue weighted by molar-refractivity contribution is 7.08. The third-order valence-corrected chi connectivity index (χ3v) is 5.36. The van der Waals surface area contributed by atoms with Crippen LogP contribution in [0.15, 0.2) is 16.8 Å². The highest BCUT2D eigenvalue weighted by Crippen LogP contribution is 2.35. The fourth-order valence-electron chi connectivity index (χ4n) is 3.61. The molecular formula is C15H20NO3S+. The van der Waals surface area contributed by atoms with Gasteiger partial charge in [-0.2, -0.15) is 11.3 Å². The zero-order valence-corrected chi connectivity index (χ0v) is 12.5. The van der Waals surface area contributed by atoms with E-state index >= 15 is 0 Å². The van der Waals surface area contributed by atoms with Gasteiger partial charge in [-0.25, -0.2) is 0 Å². The van der Waals surface area contributed by atoms with E-state index in [1.165, 1.54) is 6.92 Å². The largest absolute Gasteiger partial charge is 0.456 e. The number of nitrogens with zero attached hydrogens (tertiary/aromatic N) is 1. The van der Waals surface area contributed by atoms with Gasteiger partial charge < -0.3 is 9.22 Å². The molecule has 2 bridgehead atoms. The number of rotatable bonds is 4. The maximum absolute atomic E-state index is 12.4. The van der Waals surface area contributed by atoms with E-state index < -0.39 is 0 Å². The zero-order valence-electron chi connectivity index (χ0n) is 11.7. The quantitative estimate of drug-likeness (QED) is 0.485. The van der Waals surface area contributed by atoms with Crippen LogP contribution in [-0.4, -0.2) is 48.5 Å². The van der Waals surface area contributed by atoms with E-state index in [2.05, 4.69) is 0 Å². The molecule has 0 amide bonds. The van der Waals surface area contributed by atoms with Crippen LogP contribution in [0.25, 0.3) is 0 Å². The minimum Gasteiger partial charge on any atom is -0.456 e. The highest BCUT2D eigenvalue weighted by Gasteiger charge is 2.48. The molecule has 0 N–H and O–H groups in total. The monoisotopic (exact) mass is 294 g/mol. The summed E-state index contributed by atoms with van der Waals surface area (Å²) in [4.78, 5) is 23.6. The number of hydrogen-bond acceptors (Lipinski definition) is 4. The van der Waals surface area contributed by atoms with Crippen molar-refractivity contribution in [3.05, 3.63) is 22.4 Å². The smallest absolute Gasteiger partial charge is 0.303 e. The van der Waals surface area contributed by atoms with Crippen LogP contribution in [0.4, 0.5) is 0 Å². The van der Waals surface area contributed by atoms with Crippen LogP contribution >= 0.6 is 11.3 Å². The van der Waals surface area contributed by atoms with Crippen LogP contribution in [0.1, 0.15) is 30.1 Å². The van der Waals surface area contributed by atoms with Crippen molar-refractivity contribution in [2.45, 2.75) is 25.9 Å². The third kappa shape index (κ3) is 2.65. The van der Waals surface area contributed by atoms with E-state index in [-0.39, 0.29) is 17.9 Å². The molecule has 4 rings (SSSR count). The van der Waals surface area contributed by atoms with Crippen LogP contribution in [0.2, 0.25) is 0 Å². The van der Waals surface area contributed by atoms with E-state index in [4.69, 9.17) is 4.74 Å². The zero-order chi connectivity index (χ0) is 14.2. The van der Waals surface area contributed by atoms with Gasteiger partial charge in [0.15, 0.2) is 6.10 Å². The molecule has 3 fully saturated rings. The van der Waals surface area contributed by atoms with Crippen LogP contribution in [-0.2, 0) is 9.53 Å². The van der Waals surface area contributed by atoms with Gasteiger partial charge in [0.25, 0.3) is 0 Å². The first-order valence-corrected chi connectivity index (χ1v) is 8.10. The Morgan fingerprint density at radius 2 is 2.15 bits per heavy atom. The van der Waals surface area contributed by atoms with Crippen molar-refractivity contribution in [2.75, 3.05) is 26.2 Å². The number of Topliss-reactive ketones (excluding diaryl/α,β-unsaturated/α-hetero) is 1. The molecule has 1 atom stereocenters. The van der Waals surface area contributed by atoms with Crippen molar-refractivity contribution >= 4 is 23.1 Å². The van der Waals surface area contributed by atoms with Crippen molar-refractivity contribution in [1.82, 2.24) is 0 Å². The lowest BCUT2D eigenvalue weighted by Crippen LogP contribution is -2.65. The number of carbonyl (C=O) groups excluding carboxylic acids is 2. The molecule has 3 aliphatic rings. The maximum Gasteiger partial charge on any atom is 0.303 e. The molecule has 20 heavy (non-hydrogen) atoms. The summed E-state index contributed by atoms with van der Waals surface area (Å²) in [7, 11) is 0. The van der Waals surface area contributed by atoms with Crippen molar-refractivity contribution in [1.29, 1.82) is 0 Å². The van der Waals surface area contributed by atoms with Gasteiger partial charge in [0.05, 0.1) is 13.1 Å². The minimum absolute atomic E-state index is 0.00488. The predicted molar refractivity (Wildman–Crippen MR) is 76.7 cm³/mol. The summed E-state index contributed by atoms with van der Waals surface area (Å²) < 4.78 is 6.25. The Hall–Kier alpha value is -1.20. The Balaban J connectivity index is 1.71. The first kappa shape index (κ1) is 13.8. The SMILES string of the molecule is CC(=O)OC1C[N+]2(CC(=O)c3ccsc3)CCC1CC2. The Bertz CT molecular complexity index is 503. The van der Waals surface area contributed by atoms with E-state index in [0.29, 0.717) is 12.5 Å². The second kappa shape index (κ2) is 5.30. The van der Waals surface area contributed by atoms with Gasteiger partial charge in [0, 0.05) is 36.6 Å². The highest BCUT2D eigenvalue weighted by atomic mass is 32.1. The average molecular weight is 294 g/mol. The number of carbonyl (C=O) groups is 2. The normalized spacial score (nSPS) is 32.0. The lowest BCUT2D eigenvalue weighted by atomic mass is 9.83. The summed E-state index contributed by atoms with van der Waals surface area (Å²) in [6.45, 7) is 4.90. The number of quaternary nitrogens is 1. The van der Waals surface area contributed by atoms with Crippen LogP contribution in [0.5, 0.6) is 0 Å². The number of hydrogen-bond donors (Lipinski definition) is 0. The summed E-state index contributed by atoms with van der Waals surface area (Å²) >= 11 is 1.56. The molecule has 5 heteroatoms. The first-order chi connectivity index (χ1) is 9.58. The number of thiophene rings is 1. The second-order valence-corrected chi connectivity index (χ2v) is 6.83. The molecular weight excluding hydrogens is 274 g/mol. The molecule has 4 nitrogen and oxygen atoms in total. The van der Waals surface area contributed by atoms with E-state index in [1.54, 1.807) is 11.3 Å². The molecule has 0 radical (unpaired) electrons. The lowest BCUT2D eigenvalue weighted by Gasteiger charge is -2.51. The molecule has 108 valence electrons. The van der Waals surface area contributed by atoms with Gasteiger partial charge in [-0.15, -0.1) is 0 Å². The molecule has 3 saturated heterocycles. The van der Waals surface area contributed by atoms with Crippen LogP contribution in [0.3, 0.4) is 0 Å². The number of ketones is 1. The van der Waals surface area contributed by atoms with Gasteiger partial charge in [-0.3, -0.25) is 9.59 Å². The summed E-state index contributed by atoms with van der Waals surface area (Å²) in [6.07, 6.45) is 2.13. The molecule has 0 saturated carbocycles. The van der Waals surface area contributed by atoms with Gasteiger partial charge in [0.2, 0.25) is 5.78 Å². The summed E-state index contributed by atoms with van der Waals surface area (Å²) in [5.74, 6) is 0.509. The average Bonchev–Trinajstić information content (AvgIpc) is 2.92. The lowest BCUT2D eigenvalue weighted by molar-refractivity contribution is -0.938. The molecule has 0 aliphatic carbocycles. The predicted octanol–water partition coefficient (Wildman–Crippen LogP) is 2.10. The van der Waals surface area contributed by atoms with Gasteiger partial charge in [-0.1, -0.05) is 0 Å². The number of piperidine rings is 3. The van der Waals surface area contributed by atoms with E-state index in [1.807, 2.05) is 16.8 Å². The summed E-state index contributed by atoms with van der Waals surface area (Å²) in [5.41, 5.74) is 0.819. The van der Waals surface area contributed by atoms with Crippen LogP contribution in [0, 0.1) is 5.92 Å². The second-order valence-electron chi connectivity index (χ2n) is 6.05. The Morgan fingerprint density at radius 1 is 1.40 bits per heavy atom. The Morgan fingerprint density at radius 3 is 2.75 bits per heavy atom.